The van der Waals surface area contributed by atoms with Crippen molar-refractivity contribution in [2.75, 3.05) is 0 Å². The van der Waals surface area contributed by atoms with Crippen LogP contribution in [0, 0.1) is 12.8 Å². The first kappa shape index (κ1) is 17.7. The molecule has 0 unspecified atom stereocenters. The Morgan fingerprint density at radius 2 is 1.78 bits per heavy atom. The molecule has 2 heterocycles. The lowest BCUT2D eigenvalue weighted by Crippen LogP contribution is -2.33. The van der Waals surface area contributed by atoms with Gasteiger partial charge < -0.3 is 9.88 Å². The number of hydrogen-bond acceptors (Lipinski definition) is 4. The van der Waals surface area contributed by atoms with Crippen LogP contribution in [0.3, 0.4) is 0 Å². The fraction of sp³-hybridized carbons (Fsp3) is 0.286. The van der Waals surface area contributed by atoms with Crippen LogP contribution in [-0.2, 0) is 11.3 Å². The number of aromatic nitrogens is 3. The molecular weight excluding hydrogens is 356 g/mol. The van der Waals surface area contributed by atoms with Crippen molar-refractivity contribution in [1.82, 2.24) is 19.9 Å². The van der Waals surface area contributed by atoms with E-state index < -0.39 is 0 Å². The number of hydrogen-bond donors (Lipinski definition) is 1. The fourth-order valence-corrected chi connectivity index (χ4v) is 4.25. The van der Waals surface area contributed by atoms with E-state index in [0.29, 0.717) is 6.54 Å². The first-order chi connectivity index (χ1) is 13.0. The SMILES string of the molecule is Cc1nc2ccccc2n1C[C@H](C)C(=O)N[C@H](C)c1nc2ccccc2s1. The molecule has 0 spiro atoms. The summed E-state index contributed by atoms with van der Waals surface area (Å²) in [4.78, 5) is 22.0. The Hall–Kier alpha value is -2.73. The number of aryl methyl sites for hydroxylation is 1. The molecule has 0 aliphatic heterocycles. The van der Waals surface area contributed by atoms with Crippen LogP contribution in [-0.4, -0.2) is 20.4 Å². The Bertz CT molecular complexity index is 1080. The van der Waals surface area contributed by atoms with Crippen molar-refractivity contribution in [3.8, 4) is 0 Å². The molecule has 0 bridgehead atoms. The van der Waals surface area contributed by atoms with Crippen molar-refractivity contribution in [2.24, 2.45) is 5.92 Å². The first-order valence-electron chi connectivity index (χ1n) is 9.10. The van der Waals surface area contributed by atoms with Gasteiger partial charge in [0.1, 0.15) is 10.8 Å². The molecule has 5 nitrogen and oxygen atoms in total. The van der Waals surface area contributed by atoms with Crippen LogP contribution < -0.4 is 5.32 Å². The average molecular weight is 379 g/mol. The predicted octanol–water partition coefficient (Wildman–Crippen LogP) is 4.47. The molecule has 4 rings (SSSR count). The molecule has 138 valence electrons. The summed E-state index contributed by atoms with van der Waals surface area (Å²) in [7, 11) is 0. The first-order valence-corrected chi connectivity index (χ1v) is 9.92. The minimum absolute atomic E-state index is 0.0268. The van der Waals surface area contributed by atoms with Crippen molar-refractivity contribution in [3.63, 3.8) is 0 Å². The summed E-state index contributed by atoms with van der Waals surface area (Å²) in [5.41, 5.74) is 3.01. The number of imidazole rings is 1. The lowest BCUT2D eigenvalue weighted by molar-refractivity contribution is -0.125. The Balaban J connectivity index is 1.48. The van der Waals surface area contributed by atoms with E-state index in [4.69, 9.17) is 0 Å². The molecular formula is C21H22N4OS. The highest BCUT2D eigenvalue weighted by Crippen LogP contribution is 2.26. The van der Waals surface area contributed by atoms with Gasteiger partial charge in [-0.15, -0.1) is 11.3 Å². The van der Waals surface area contributed by atoms with Crippen molar-refractivity contribution in [3.05, 3.63) is 59.4 Å². The van der Waals surface area contributed by atoms with Crippen LogP contribution in [0.5, 0.6) is 0 Å². The van der Waals surface area contributed by atoms with Crippen molar-refractivity contribution >= 4 is 38.5 Å². The number of thiazole rings is 1. The molecule has 0 saturated heterocycles. The number of carbonyl (C=O) groups is 1. The quantitative estimate of drug-likeness (QED) is 0.557. The minimum atomic E-state index is -0.168. The highest BCUT2D eigenvalue weighted by atomic mass is 32.1. The van der Waals surface area contributed by atoms with E-state index in [-0.39, 0.29) is 17.9 Å². The predicted molar refractivity (Wildman–Crippen MR) is 110 cm³/mol. The molecule has 0 radical (unpaired) electrons. The van der Waals surface area contributed by atoms with Crippen LogP contribution in [0.15, 0.2) is 48.5 Å². The van der Waals surface area contributed by atoms with Crippen LogP contribution >= 0.6 is 11.3 Å². The third-order valence-corrected chi connectivity index (χ3v) is 6.01. The zero-order chi connectivity index (χ0) is 19.0. The zero-order valence-corrected chi connectivity index (χ0v) is 16.5. The van der Waals surface area contributed by atoms with E-state index in [1.807, 2.05) is 63.2 Å². The molecule has 1 N–H and O–H groups in total. The largest absolute Gasteiger partial charge is 0.347 e. The molecule has 4 aromatic rings. The smallest absolute Gasteiger partial charge is 0.225 e. The summed E-state index contributed by atoms with van der Waals surface area (Å²) in [6.07, 6.45) is 0. The number of nitrogens with one attached hydrogen (secondary N) is 1. The molecule has 2 atom stereocenters. The number of benzene rings is 2. The Morgan fingerprint density at radius 3 is 2.56 bits per heavy atom. The van der Waals surface area contributed by atoms with E-state index in [2.05, 4.69) is 25.9 Å². The molecule has 0 aliphatic carbocycles. The number of para-hydroxylation sites is 3. The molecule has 27 heavy (non-hydrogen) atoms. The summed E-state index contributed by atoms with van der Waals surface area (Å²) >= 11 is 1.63. The van der Waals surface area contributed by atoms with Gasteiger partial charge in [-0.05, 0) is 38.1 Å². The molecule has 2 aromatic heterocycles. The number of rotatable bonds is 5. The molecule has 6 heteroatoms. The van der Waals surface area contributed by atoms with Gasteiger partial charge >= 0.3 is 0 Å². The maximum absolute atomic E-state index is 12.7. The topological polar surface area (TPSA) is 59.8 Å². The van der Waals surface area contributed by atoms with Crippen molar-refractivity contribution in [2.45, 2.75) is 33.4 Å². The standard InChI is InChI=1S/C21H22N4OS/c1-13(12-25-15(3)23-16-8-4-6-10-18(16)25)20(26)22-14(2)21-24-17-9-5-7-11-19(17)27-21/h4-11,13-14H,12H2,1-3H3,(H,22,26)/t13-,14+/m0/s1. The van der Waals surface area contributed by atoms with Crippen LogP contribution in [0.4, 0.5) is 0 Å². The van der Waals surface area contributed by atoms with Gasteiger partial charge in [-0.3, -0.25) is 4.79 Å². The summed E-state index contributed by atoms with van der Waals surface area (Å²) in [6, 6.07) is 16.0. The average Bonchev–Trinajstić information content (AvgIpc) is 3.23. The van der Waals surface area contributed by atoms with E-state index >= 15 is 0 Å². The maximum Gasteiger partial charge on any atom is 0.225 e. The van der Waals surface area contributed by atoms with E-state index in [9.17, 15) is 4.79 Å². The van der Waals surface area contributed by atoms with Gasteiger partial charge in [-0.25, -0.2) is 9.97 Å². The molecule has 0 fully saturated rings. The molecule has 0 aliphatic rings. The highest BCUT2D eigenvalue weighted by Gasteiger charge is 2.20. The Labute approximate surface area is 162 Å². The van der Waals surface area contributed by atoms with Crippen LogP contribution in [0.2, 0.25) is 0 Å². The summed E-state index contributed by atoms with van der Waals surface area (Å²) in [5, 5.41) is 4.04. The second kappa shape index (κ2) is 7.12. The zero-order valence-electron chi connectivity index (χ0n) is 15.6. The summed E-state index contributed by atoms with van der Waals surface area (Å²) in [5.74, 6) is 0.784. The van der Waals surface area contributed by atoms with Gasteiger partial charge in [-0.2, -0.15) is 0 Å². The molecule has 0 saturated carbocycles. The van der Waals surface area contributed by atoms with Crippen molar-refractivity contribution < 1.29 is 4.79 Å². The third kappa shape index (κ3) is 3.45. The third-order valence-electron chi connectivity index (χ3n) is 4.79. The van der Waals surface area contributed by atoms with Gasteiger partial charge in [-0.1, -0.05) is 31.2 Å². The summed E-state index contributed by atoms with van der Waals surface area (Å²) in [6.45, 7) is 6.52. The summed E-state index contributed by atoms with van der Waals surface area (Å²) < 4.78 is 3.25. The second-order valence-electron chi connectivity index (χ2n) is 6.91. The fourth-order valence-electron chi connectivity index (χ4n) is 3.28. The number of fused-ring (bicyclic) bond motifs is 2. The van der Waals surface area contributed by atoms with Crippen LogP contribution in [0.1, 0.15) is 30.7 Å². The Morgan fingerprint density at radius 1 is 1.07 bits per heavy atom. The monoisotopic (exact) mass is 378 g/mol. The highest BCUT2D eigenvalue weighted by molar-refractivity contribution is 7.18. The van der Waals surface area contributed by atoms with Crippen molar-refractivity contribution in [1.29, 1.82) is 0 Å². The minimum Gasteiger partial charge on any atom is -0.347 e. The van der Waals surface area contributed by atoms with Gasteiger partial charge in [0, 0.05) is 6.54 Å². The second-order valence-corrected chi connectivity index (χ2v) is 7.97. The van der Waals surface area contributed by atoms with E-state index in [1.54, 1.807) is 11.3 Å². The molecule has 2 aromatic carbocycles. The number of nitrogens with zero attached hydrogens (tertiary/aromatic N) is 3. The van der Waals surface area contributed by atoms with Gasteiger partial charge in [0.2, 0.25) is 5.91 Å². The van der Waals surface area contributed by atoms with Gasteiger partial charge in [0.25, 0.3) is 0 Å². The Kier molecular flexibility index (Phi) is 4.66. The van der Waals surface area contributed by atoms with E-state index in [0.717, 1.165) is 32.1 Å². The molecule has 1 amide bonds. The normalized spacial score (nSPS) is 13.7. The lowest BCUT2D eigenvalue weighted by atomic mass is 10.1. The van der Waals surface area contributed by atoms with E-state index in [1.165, 1.54) is 0 Å². The number of amides is 1. The lowest BCUT2D eigenvalue weighted by Gasteiger charge is -2.17. The van der Waals surface area contributed by atoms with Crippen LogP contribution in [0.25, 0.3) is 21.3 Å². The van der Waals surface area contributed by atoms with Gasteiger partial charge in [0.15, 0.2) is 0 Å². The maximum atomic E-state index is 12.7. The van der Waals surface area contributed by atoms with Gasteiger partial charge in [0.05, 0.1) is 33.2 Å². The number of carbonyl (C=O) groups excluding carboxylic acids is 1.